The number of likely N-dealkylation sites (tertiary alicyclic amines) is 1. The molecule has 0 unspecified atom stereocenters. The zero-order chi connectivity index (χ0) is 13.5. The second-order valence-corrected chi connectivity index (χ2v) is 5.97. The predicted molar refractivity (Wildman–Crippen MR) is 81.0 cm³/mol. The molecule has 1 saturated heterocycles. The summed E-state index contributed by atoms with van der Waals surface area (Å²) in [6.07, 6.45) is 5.05. The summed E-state index contributed by atoms with van der Waals surface area (Å²) in [7, 11) is 0. The molecule has 3 heteroatoms. The van der Waals surface area contributed by atoms with Gasteiger partial charge in [-0.3, -0.25) is 0 Å². The number of hydrogen-bond donors (Lipinski definition) is 0. The summed E-state index contributed by atoms with van der Waals surface area (Å²) in [6.45, 7) is 6.90. The Morgan fingerprint density at radius 1 is 1.26 bits per heavy atom. The molecule has 2 rings (SSSR count). The van der Waals surface area contributed by atoms with Crippen LogP contribution in [0.2, 0.25) is 5.02 Å². The molecule has 0 aromatic heterocycles. The number of rotatable bonds is 6. The van der Waals surface area contributed by atoms with Gasteiger partial charge in [-0.2, -0.15) is 0 Å². The lowest BCUT2D eigenvalue weighted by Crippen LogP contribution is -2.33. The molecule has 1 aromatic rings. The maximum Gasteiger partial charge on any atom is 0.120 e. The molecule has 0 aliphatic carbocycles. The van der Waals surface area contributed by atoms with Crippen molar-refractivity contribution < 1.29 is 4.74 Å². The Morgan fingerprint density at radius 2 is 2.05 bits per heavy atom. The van der Waals surface area contributed by atoms with E-state index < -0.39 is 0 Å². The monoisotopic (exact) mass is 281 g/mol. The molecular weight excluding hydrogens is 258 g/mol. The van der Waals surface area contributed by atoms with Gasteiger partial charge in [0.15, 0.2) is 0 Å². The zero-order valence-electron chi connectivity index (χ0n) is 11.8. The third-order valence-electron chi connectivity index (χ3n) is 3.81. The Hall–Kier alpha value is -0.730. The number of nitrogens with zero attached hydrogens (tertiary/aromatic N) is 1. The molecule has 1 heterocycles. The van der Waals surface area contributed by atoms with Crippen LogP contribution < -0.4 is 4.74 Å². The SMILES string of the molecule is CC1CCN(CCCCOc2cccc(Cl)c2)CC1. The Bertz CT molecular complexity index is 375. The summed E-state index contributed by atoms with van der Waals surface area (Å²) in [5, 5.41) is 0.736. The second kappa shape index (κ2) is 7.76. The molecule has 0 atom stereocenters. The van der Waals surface area contributed by atoms with Gasteiger partial charge >= 0.3 is 0 Å². The van der Waals surface area contributed by atoms with Gasteiger partial charge < -0.3 is 9.64 Å². The first-order chi connectivity index (χ1) is 9.24. The van der Waals surface area contributed by atoms with E-state index in [9.17, 15) is 0 Å². The predicted octanol–water partition coefficient (Wildman–Crippen LogP) is 4.23. The van der Waals surface area contributed by atoms with Gasteiger partial charge in [0.1, 0.15) is 5.75 Å². The van der Waals surface area contributed by atoms with Crippen molar-refractivity contribution in [1.29, 1.82) is 0 Å². The first-order valence-electron chi connectivity index (χ1n) is 7.35. The van der Waals surface area contributed by atoms with Crippen LogP contribution in [-0.4, -0.2) is 31.1 Å². The minimum atomic E-state index is 0.736. The fourth-order valence-electron chi connectivity index (χ4n) is 2.47. The van der Waals surface area contributed by atoms with Crippen LogP contribution >= 0.6 is 11.6 Å². The average molecular weight is 282 g/mol. The van der Waals surface area contributed by atoms with Crippen LogP contribution in [0.1, 0.15) is 32.6 Å². The van der Waals surface area contributed by atoms with Crippen molar-refractivity contribution in [3.8, 4) is 5.75 Å². The molecule has 0 spiro atoms. The van der Waals surface area contributed by atoms with Crippen LogP contribution in [-0.2, 0) is 0 Å². The van der Waals surface area contributed by atoms with Crippen molar-refractivity contribution in [3.05, 3.63) is 29.3 Å². The fraction of sp³-hybridized carbons (Fsp3) is 0.625. The van der Waals surface area contributed by atoms with E-state index in [0.717, 1.165) is 29.7 Å². The van der Waals surface area contributed by atoms with Crippen LogP contribution in [0.4, 0.5) is 0 Å². The maximum atomic E-state index is 5.91. The fourth-order valence-corrected chi connectivity index (χ4v) is 2.65. The minimum Gasteiger partial charge on any atom is -0.494 e. The van der Waals surface area contributed by atoms with Crippen molar-refractivity contribution in [1.82, 2.24) is 4.90 Å². The Kier molecular flexibility index (Phi) is 5.99. The smallest absolute Gasteiger partial charge is 0.120 e. The van der Waals surface area contributed by atoms with Crippen molar-refractivity contribution in [2.45, 2.75) is 32.6 Å². The highest BCUT2D eigenvalue weighted by Crippen LogP contribution is 2.18. The van der Waals surface area contributed by atoms with E-state index in [0.29, 0.717) is 0 Å². The van der Waals surface area contributed by atoms with Gasteiger partial charge in [0.2, 0.25) is 0 Å². The lowest BCUT2D eigenvalue weighted by molar-refractivity contribution is 0.185. The third-order valence-corrected chi connectivity index (χ3v) is 4.04. The van der Waals surface area contributed by atoms with Crippen molar-refractivity contribution in [3.63, 3.8) is 0 Å². The Balaban J connectivity index is 1.55. The van der Waals surface area contributed by atoms with Gasteiger partial charge in [-0.15, -0.1) is 0 Å². The van der Waals surface area contributed by atoms with Crippen molar-refractivity contribution in [2.24, 2.45) is 5.92 Å². The molecule has 0 bridgehead atoms. The van der Waals surface area contributed by atoms with Gasteiger partial charge in [-0.25, -0.2) is 0 Å². The first-order valence-corrected chi connectivity index (χ1v) is 7.72. The van der Waals surface area contributed by atoms with Gasteiger partial charge in [0.05, 0.1) is 6.61 Å². The molecule has 0 saturated carbocycles. The molecule has 0 radical (unpaired) electrons. The number of unbranched alkanes of at least 4 members (excludes halogenated alkanes) is 1. The Labute approximate surface area is 121 Å². The van der Waals surface area contributed by atoms with Gasteiger partial charge in [-0.1, -0.05) is 24.6 Å². The highest BCUT2D eigenvalue weighted by Gasteiger charge is 2.14. The number of piperidine rings is 1. The van der Waals surface area contributed by atoms with E-state index in [1.165, 1.54) is 38.9 Å². The quantitative estimate of drug-likeness (QED) is 0.724. The molecular formula is C16H24ClNO. The summed E-state index contributed by atoms with van der Waals surface area (Å²) in [5.74, 6) is 1.79. The number of benzene rings is 1. The molecule has 0 N–H and O–H groups in total. The second-order valence-electron chi connectivity index (χ2n) is 5.54. The molecule has 2 nitrogen and oxygen atoms in total. The summed E-state index contributed by atoms with van der Waals surface area (Å²) < 4.78 is 5.69. The van der Waals surface area contributed by atoms with Crippen molar-refractivity contribution >= 4 is 11.6 Å². The largest absolute Gasteiger partial charge is 0.494 e. The summed E-state index contributed by atoms with van der Waals surface area (Å²) in [5.41, 5.74) is 0. The van der Waals surface area contributed by atoms with Gasteiger partial charge in [-0.05, 0) is 69.4 Å². The van der Waals surface area contributed by atoms with Crippen LogP contribution in [0.3, 0.4) is 0 Å². The molecule has 19 heavy (non-hydrogen) atoms. The molecule has 1 fully saturated rings. The molecule has 1 aliphatic heterocycles. The van der Waals surface area contributed by atoms with Crippen LogP contribution in [0, 0.1) is 5.92 Å². The van der Waals surface area contributed by atoms with E-state index >= 15 is 0 Å². The van der Waals surface area contributed by atoms with E-state index in [1.807, 2.05) is 24.3 Å². The summed E-state index contributed by atoms with van der Waals surface area (Å²) >= 11 is 5.91. The molecule has 0 amide bonds. The van der Waals surface area contributed by atoms with E-state index in [4.69, 9.17) is 16.3 Å². The number of halogens is 1. The topological polar surface area (TPSA) is 12.5 Å². The number of hydrogen-bond acceptors (Lipinski definition) is 2. The summed E-state index contributed by atoms with van der Waals surface area (Å²) in [6, 6.07) is 7.61. The van der Waals surface area contributed by atoms with Crippen LogP contribution in [0.15, 0.2) is 24.3 Å². The van der Waals surface area contributed by atoms with Crippen molar-refractivity contribution in [2.75, 3.05) is 26.2 Å². The van der Waals surface area contributed by atoms with E-state index in [-0.39, 0.29) is 0 Å². The highest BCUT2D eigenvalue weighted by atomic mass is 35.5. The Morgan fingerprint density at radius 3 is 2.79 bits per heavy atom. The number of ether oxygens (including phenoxy) is 1. The first kappa shape index (κ1) is 14.7. The minimum absolute atomic E-state index is 0.736. The highest BCUT2D eigenvalue weighted by molar-refractivity contribution is 6.30. The molecule has 106 valence electrons. The summed E-state index contributed by atoms with van der Waals surface area (Å²) in [4.78, 5) is 2.58. The standard InChI is InChI=1S/C16H24ClNO/c1-14-7-10-18(11-8-14)9-2-3-12-19-16-6-4-5-15(17)13-16/h4-6,13-14H,2-3,7-12H2,1H3. The van der Waals surface area contributed by atoms with Crippen LogP contribution in [0.25, 0.3) is 0 Å². The van der Waals surface area contributed by atoms with Gasteiger partial charge in [0.25, 0.3) is 0 Å². The zero-order valence-corrected chi connectivity index (χ0v) is 12.5. The lowest BCUT2D eigenvalue weighted by atomic mass is 9.99. The average Bonchev–Trinajstić information content (AvgIpc) is 2.41. The maximum absolute atomic E-state index is 5.91. The van der Waals surface area contributed by atoms with E-state index in [2.05, 4.69) is 11.8 Å². The molecule has 1 aromatic carbocycles. The lowest BCUT2D eigenvalue weighted by Gasteiger charge is -2.30. The van der Waals surface area contributed by atoms with E-state index in [1.54, 1.807) is 0 Å². The third kappa shape index (κ3) is 5.42. The molecule has 1 aliphatic rings. The van der Waals surface area contributed by atoms with Gasteiger partial charge in [0, 0.05) is 5.02 Å². The van der Waals surface area contributed by atoms with Crippen LogP contribution in [0.5, 0.6) is 5.75 Å². The normalized spacial score (nSPS) is 17.6.